The van der Waals surface area contributed by atoms with E-state index in [1.54, 1.807) is 0 Å². The highest BCUT2D eigenvalue weighted by Crippen LogP contribution is 1.98. The first-order valence-electron chi connectivity index (χ1n) is 4.49. The summed E-state index contributed by atoms with van der Waals surface area (Å²) in [6.45, 7) is 0. The van der Waals surface area contributed by atoms with Gasteiger partial charge in [-0.25, -0.2) is 9.59 Å². The van der Waals surface area contributed by atoms with Crippen LogP contribution in [0.4, 0.5) is 0 Å². The van der Waals surface area contributed by atoms with Gasteiger partial charge in [-0.15, -0.1) is 0 Å². The Morgan fingerprint density at radius 2 is 1.11 bits per heavy atom. The Morgan fingerprint density at radius 3 is 1.28 bits per heavy atom. The molecule has 2 atom stereocenters. The molecule has 0 spiro atoms. The Labute approximate surface area is 118 Å². The van der Waals surface area contributed by atoms with Crippen LogP contribution in [0.15, 0.2) is 0 Å². The van der Waals surface area contributed by atoms with Gasteiger partial charge in [0.05, 0.1) is 10.7 Å². The molecular weight excluding hydrogens is 380 g/mol. The molecule has 0 fully saturated rings. The predicted octanol–water partition coefficient (Wildman–Crippen LogP) is -1.08. The average Bonchev–Trinajstić information content (AvgIpc) is 2.31. The summed E-state index contributed by atoms with van der Waals surface area (Å²) in [6.07, 6.45) is 0. The normalized spacial score (nSPS) is 13.2. The average molecular weight is 390 g/mol. The van der Waals surface area contributed by atoms with Crippen molar-refractivity contribution in [3.8, 4) is 0 Å². The van der Waals surface area contributed by atoms with Crippen molar-refractivity contribution in [3.05, 3.63) is 0 Å². The van der Waals surface area contributed by atoms with E-state index >= 15 is 0 Å². The summed E-state index contributed by atoms with van der Waals surface area (Å²) in [5, 5.41) is 21.3. The van der Waals surface area contributed by atoms with E-state index in [4.69, 9.17) is 10.2 Å². The number of nitrogens with one attached hydrogen (secondary N) is 2. The standard InChI is InChI=1S/C8H10Br2N2O6/c9-1-3(13)11-5(7(15)16)6(8(17)18)12-4(14)2-10/h5-6H,1-2H2,(H,11,13)(H,12,14)(H,15,16)(H,17,18). The summed E-state index contributed by atoms with van der Waals surface area (Å²) in [7, 11) is 0. The molecule has 102 valence electrons. The lowest BCUT2D eigenvalue weighted by Gasteiger charge is -2.21. The zero-order chi connectivity index (χ0) is 14.3. The predicted molar refractivity (Wildman–Crippen MR) is 66.7 cm³/mol. The second kappa shape index (κ2) is 8.03. The van der Waals surface area contributed by atoms with Crippen LogP contribution in [-0.4, -0.2) is 56.7 Å². The van der Waals surface area contributed by atoms with Crippen LogP contribution in [0.2, 0.25) is 0 Å². The van der Waals surface area contributed by atoms with E-state index in [0.29, 0.717) is 0 Å². The molecule has 0 aliphatic rings. The van der Waals surface area contributed by atoms with E-state index < -0.39 is 35.8 Å². The van der Waals surface area contributed by atoms with Crippen LogP contribution in [0.25, 0.3) is 0 Å². The minimum atomic E-state index is -1.75. The summed E-state index contributed by atoms with van der Waals surface area (Å²) in [5.74, 6) is -4.54. The molecule has 0 heterocycles. The fourth-order valence-electron chi connectivity index (χ4n) is 0.999. The van der Waals surface area contributed by atoms with Crippen molar-refractivity contribution in [2.75, 3.05) is 10.7 Å². The molecule has 10 heteroatoms. The van der Waals surface area contributed by atoms with Gasteiger partial charge >= 0.3 is 11.9 Å². The third-order valence-corrected chi connectivity index (χ3v) is 2.76. The van der Waals surface area contributed by atoms with Gasteiger partial charge in [0.25, 0.3) is 0 Å². The van der Waals surface area contributed by atoms with Gasteiger partial charge in [-0.2, -0.15) is 0 Å². The Morgan fingerprint density at radius 1 is 0.833 bits per heavy atom. The molecule has 0 aromatic rings. The van der Waals surface area contributed by atoms with Gasteiger partial charge in [-0.3, -0.25) is 9.59 Å². The summed E-state index contributed by atoms with van der Waals surface area (Å²) in [5.41, 5.74) is 0. The van der Waals surface area contributed by atoms with Crippen molar-refractivity contribution >= 4 is 55.6 Å². The summed E-state index contributed by atoms with van der Waals surface area (Å²) >= 11 is 5.59. The molecule has 0 aliphatic carbocycles. The quantitative estimate of drug-likeness (QED) is 0.409. The van der Waals surface area contributed by atoms with Crippen molar-refractivity contribution in [1.82, 2.24) is 10.6 Å². The molecule has 8 nitrogen and oxygen atoms in total. The Bertz CT molecular complexity index is 327. The van der Waals surface area contributed by atoms with Crippen molar-refractivity contribution in [3.63, 3.8) is 0 Å². The molecule has 18 heavy (non-hydrogen) atoms. The summed E-state index contributed by atoms with van der Waals surface area (Å²) < 4.78 is 0. The fraction of sp³-hybridized carbons (Fsp3) is 0.500. The van der Waals surface area contributed by atoms with E-state index in [2.05, 4.69) is 31.9 Å². The molecule has 0 saturated heterocycles. The lowest BCUT2D eigenvalue weighted by molar-refractivity contribution is -0.150. The molecule has 0 bridgehead atoms. The van der Waals surface area contributed by atoms with Gasteiger partial charge in [0.2, 0.25) is 11.8 Å². The van der Waals surface area contributed by atoms with Gasteiger partial charge in [-0.05, 0) is 0 Å². The van der Waals surface area contributed by atoms with Crippen LogP contribution in [0.3, 0.4) is 0 Å². The zero-order valence-electron chi connectivity index (χ0n) is 8.85. The maximum atomic E-state index is 11.1. The summed E-state index contributed by atoms with van der Waals surface area (Å²) in [6, 6.07) is -3.51. The van der Waals surface area contributed by atoms with E-state index in [1.807, 2.05) is 10.6 Å². The fourth-order valence-corrected chi connectivity index (χ4v) is 1.32. The Balaban J connectivity index is 4.99. The first-order chi connectivity index (χ1) is 8.33. The number of carbonyl (C=O) groups excluding carboxylic acids is 2. The molecular formula is C8H10Br2N2O6. The number of hydrogen-bond acceptors (Lipinski definition) is 4. The van der Waals surface area contributed by atoms with Crippen LogP contribution in [-0.2, 0) is 19.2 Å². The molecule has 0 aliphatic heterocycles. The lowest BCUT2D eigenvalue weighted by Crippen LogP contribution is -2.59. The van der Waals surface area contributed by atoms with Crippen LogP contribution in [0.5, 0.6) is 0 Å². The number of carboxylic acid groups (broad SMARTS) is 2. The number of alkyl halides is 2. The SMILES string of the molecule is O=C(CBr)NC(C(=O)O)C(NC(=O)CBr)C(=O)O. The third kappa shape index (κ3) is 5.45. The van der Waals surface area contributed by atoms with Crippen LogP contribution >= 0.6 is 31.9 Å². The maximum absolute atomic E-state index is 11.1. The first-order valence-corrected chi connectivity index (χ1v) is 6.74. The first kappa shape index (κ1) is 16.8. The van der Waals surface area contributed by atoms with Crippen LogP contribution < -0.4 is 10.6 Å². The number of aliphatic carboxylic acids is 2. The lowest BCUT2D eigenvalue weighted by atomic mass is 10.1. The van der Waals surface area contributed by atoms with Gasteiger partial charge < -0.3 is 20.8 Å². The summed E-state index contributed by atoms with van der Waals surface area (Å²) in [4.78, 5) is 44.0. The number of carbonyl (C=O) groups is 4. The van der Waals surface area contributed by atoms with E-state index in [-0.39, 0.29) is 10.7 Å². The van der Waals surface area contributed by atoms with Crippen molar-refractivity contribution in [2.24, 2.45) is 0 Å². The highest BCUT2D eigenvalue weighted by molar-refractivity contribution is 9.09. The molecule has 0 aromatic carbocycles. The van der Waals surface area contributed by atoms with E-state index in [0.717, 1.165) is 0 Å². The Hall–Kier alpha value is -1.16. The van der Waals surface area contributed by atoms with Crippen LogP contribution in [0.1, 0.15) is 0 Å². The molecule has 2 unspecified atom stereocenters. The largest absolute Gasteiger partial charge is 0.480 e. The van der Waals surface area contributed by atoms with Gasteiger partial charge in [0.15, 0.2) is 12.1 Å². The monoisotopic (exact) mass is 388 g/mol. The second-order valence-corrected chi connectivity index (χ2v) is 4.16. The highest BCUT2D eigenvalue weighted by atomic mass is 79.9. The Kier molecular flexibility index (Phi) is 7.51. The van der Waals surface area contributed by atoms with Gasteiger partial charge in [-0.1, -0.05) is 31.9 Å². The molecule has 0 saturated carbocycles. The smallest absolute Gasteiger partial charge is 0.329 e. The molecule has 0 aromatic heterocycles. The van der Waals surface area contributed by atoms with Gasteiger partial charge in [0, 0.05) is 0 Å². The zero-order valence-corrected chi connectivity index (χ0v) is 12.0. The number of amides is 2. The molecule has 0 rings (SSSR count). The van der Waals surface area contributed by atoms with Crippen LogP contribution in [0, 0.1) is 0 Å². The van der Waals surface area contributed by atoms with Gasteiger partial charge in [0.1, 0.15) is 0 Å². The highest BCUT2D eigenvalue weighted by Gasteiger charge is 2.35. The molecule has 0 radical (unpaired) electrons. The van der Waals surface area contributed by atoms with Crippen molar-refractivity contribution in [1.29, 1.82) is 0 Å². The molecule has 4 N–H and O–H groups in total. The molecule has 2 amide bonds. The number of hydrogen-bond donors (Lipinski definition) is 4. The second-order valence-electron chi connectivity index (χ2n) is 3.03. The number of rotatable bonds is 7. The number of carboxylic acids is 2. The van der Waals surface area contributed by atoms with Crippen molar-refractivity contribution in [2.45, 2.75) is 12.1 Å². The topological polar surface area (TPSA) is 133 Å². The number of halogens is 2. The third-order valence-electron chi connectivity index (χ3n) is 1.74. The minimum absolute atomic E-state index is 0.185. The van der Waals surface area contributed by atoms with E-state index in [1.165, 1.54) is 0 Å². The van der Waals surface area contributed by atoms with E-state index in [9.17, 15) is 19.2 Å². The van der Waals surface area contributed by atoms with Crippen molar-refractivity contribution < 1.29 is 29.4 Å². The minimum Gasteiger partial charge on any atom is -0.480 e. The maximum Gasteiger partial charge on any atom is 0.329 e.